The Balaban J connectivity index is 1.85. The minimum absolute atomic E-state index is 0.396. The molecule has 0 unspecified atom stereocenters. The van der Waals surface area contributed by atoms with Gasteiger partial charge in [-0.2, -0.15) is 5.10 Å². The van der Waals surface area contributed by atoms with Gasteiger partial charge in [0, 0.05) is 16.9 Å². The molecule has 2 amide bonds. The third kappa shape index (κ3) is 4.56. The number of hydrogen-bond donors (Lipinski definition) is 2. The van der Waals surface area contributed by atoms with Crippen molar-refractivity contribution >= 4 is 35.3 Å². The van der Waals surface area contributed by atoms with Gasteiger partial charge in [0.25, 0.3) is 0 Å². The van der Waals surface area contributed by atoms with Gasteiger partial charge >= 0.3 is 11.8 Å². The van der Waals surface area contributed by atoms with E-state index in [-0.39, 0.29) is 0 Å². The van der Waals surface area contributed by atoms with E-state index in [4.69, 9.17) is 11.6 Å². The van der Waals surface area contributed by atoms with Crippen LogP contribution < -0.4 is 10.7 Å². The summed E-state index contributed by atoms with van der Waals surface area (Å²) in [5, 5.41) is 6.95. The van der Waals surface area contributed by atoms with Gasteiger partial charge in [0.05, 0.1) is 0 Å². The summed E-state index contributed by atoms with van der Waals surface area (Å²) in [7, 11) is 0. The topological polar surface area (TPSA) is 70.6 Å². The normalized spacial score (nSPS) is 15.7. The fraction of sp³-hybridized carbons (Fsp3) is 0.438. The highest BCUT2D eigenvalue weighted by atomic mass is 35.5. The predicted octanol–water partition coefficient (Wildman–Crippen LogP) is 3.27. The molecular formula is C16H20ClN3O2. The zero-order chi connectivity index (χ0) is 15.9. The van der Waals surface area contributed by atoms with Crippen LogP contribution in [0.15, 0.2) is 23.3 Å². The van der Waals surface area contributed by atoms with E-state index in [0.29, 0.717) is 16.6 Å². The number of rotatable bonds is 3. The first-order chi connectivity index (χ1) is 10.6. The van der Waals surface area contributed by atoms with Crippen LogP contribution in [0.5, 0.6) is 0 Å². The summed E-state index contributed by atoms with van der Waals surface area (Å²) in [6.07, 6.45) is 7.56. The highest BCUT2D eigenvalue weighted by Gasteiger charge is 2.15. The summed E-state index contributed by atoms with van der Waals surface area (Å²) in [5.74, 6) is -1.15. The molecule has 0 aromatic heterocycles. The number of carbonyl (C=O) groups excluding carboxylic acids is 2. The minimum atomic E-state index is -0.786. The molecule has 22 heavy (non-hydrogen) atoms. The predicted molar refractivity (Wildman–Crippen MR) is 88.0 cm³/mol. The van der Waals surface area contributed by atoms with Gasteiger partial charge in [0.1, 0.15) is 0 Å². The number of nitrogens with zero attached hydrogens (tertiary/aromatic N) is 1. The fourth-order valence-corrected chi connectivity index (χ4v) is 2.63. The standard InChI is InChI=1S/C16H20ClN3O2/c1-11-13(17)8-5-9-14(11)19-15(21)16(22)20-18-10-12-6-3-2-4-7-12/h5,8-10,12H,2-4,6-7H2,1H3,(H,19,21)(H,20,22)/b18-10+. The average Bonchev–Trinajstić information content (AvgIpc) is 2.52. The molecule has 1 aliphatic rings. The van der Waals surface area contributed by atoms with Gasteiger partial charge in [-0.15, -0.1) is 0 Å². The van der Waals surface area contributed by atoms with Crippen LogP contribution in [0.3, 0.4) is 0 Å². The van der Waals surface area contributed by atoms with Gasteiger partial charge in [-0.25, -0.2) is 5.43 Å². The Hall–Kier alpha value is -1.88. The van der Waals surface area contributed by atoms with Crippen molar-refractivity contribution in [3.8, 4) is 0 Å². The van der Waals surface area contributed by atoms with E-state index in [2.05, 4.69) is 15.8 Å². The Bertz CT molecular complexity index is 581. The third-order valence-corrected chi connectivity index (χ3v) is 4.23. The first-order valence-corrected chi connectivity index (χ1v) is 7.85. The van der Waals surface area contributed by atoms with E-state index in [1.54, 1.807) is 31.3 Å². The Morgan fingerprint density at radius 2 is 1.95 bits per heavy atom. The molecule has 1 aliphatic carbocycles. The lowest BCUT2D eigenvalue weighted by molar-refractivity contribution is -0.136. The smallest absolute Gasteiger partial charge is 0.317 e. The molecule has 1 aromatic rings. The molecule has 1 aromatic carbocycles. The van der Waals surface area contributed by atoms with Crippen molar-refractivity contribution in [2.24, 2.45) is 11.0 Å². The zero-order valence-electron chi connectivity index (χ0n) is 12.6. The molecule has 118 valence electrons. The molecule has 0 heterocycles. The first kappa shape index (κ1) is 16.5. The van der Waals surface area contributed by atoms with E-state index in [0.717, 1.165) is 18.4 Å². The average molecular weight is 322 g/mol. The van der Waals surface area contributed by atoms with Crippen molar-refractivity contribution in [3.05, 3.63) is 28.8 Å². The molecule has 6 heteroatoms. The molecule has 0 saturated heterocycles. The van der Waals surface area contributed by atoms with Crippen molar-refractivity contribution in [2.75, 3.05) is 5.32 Å². The number of hydrazone groups is 1. The van der Waals surface area contributed by atoms with Crippen molar-refractivity contribution < 1.29 is 9.59 Å². The van der Waals surface area contributed by atoms with Gasteiger partial charge in [0.2, 0.25) is 0 Å². The summed E-state index contributed by atoms with van der Waals surface area (Å²) in [6, 6.07) is 5.13. The zero-order valence-corrected chi connectivity index (χ0v) is 13.3. The van der Waals surface area contributed by atoms with Crippen LogP contribution in [0.2, 0.25) is 5.02 Å². The minimum Gasteiger partial charge on any atom is -0.317 e. The molecule has 0 aliphatic heterocycles. The van der Waals surface area contributed by atoms with Crippen molar-refractivity contribution in [3.63, 3.8) is 0 Å². The largest absolute Gasteiger partial charge is 0.329 e. The lowest BCUT2D eigenvalue weighted by Gasteiger charge is -2.16. The molecular weight excluding hydrogens is 302 g/mol. The Morgan fingerprint density at radius 3 is 2.68 bits per heavy atom. The number of hydrogen-bond acceptors (Lipinski definition) is 3. The lowest BCUT2D eigenvalue weighted by atomic mass is 9.90. The quantitative estimate of drug-likeness (QED) is 0.509. The number of benzene rings is 1. The van der Waals surface area contributed by atoms with Gasteiger partial charge in [-0.1, -0.05) is 36.9 Å². The fourth-order valence-electron chi connectivity index (χ4n) is 2.46. The number of halogens is 1. The summed E-state index contributed by atoms with van der Waals surface area (Å²) in [5.41, 5.74) is 3.51. The molecule has 2 N–H and O–H groups in total. The maximum absolute atomic E-state index is 11.8. The molecule has 0 bridgehead atoms. The Kier molecular flexibility index (Phi) is 5.95. The second kappa shape index (κ2) is 7.94. The monoisotopic (exact) mass is 321 g/mol. The first-order valence-electron chi connectivity index (χ1n) is 7.47. The molecule has 0 spiro atoms. The van der Waals surface area contributed by atoms with Crippen LogP contribution in [0.1, 0.15) is 37.7 Å². The van der Waals surface area contributed by atoms with Crippen LogP contribution in [0, 0.1) is 12.8 Å². The summed E-state index contributed by atoms with van der Waals surface area (Å²) in [4.78, 5) is 23.5. The van der Waals surface area contributed by atoms with Gasteiger partial charge in [0.15, 0.2) is 0 Å². The second-order valence-electron chi connectivity index (χ2n) is 5.48. The molecule has 1 fully saturated rings. The van der Waals surface area contributed by atoms with Crippen LogP contribution in [-0.2, 0) is 9.59 Å². The molecule has 0 radical (unpaired) electrons. The van der Waals surface area contributed by atoms with E-state index >= 15 is 0 Å². The van der Waals surface area contributed by atoms with Gasteiger partial charge in [-0.05, 0) is 43.4 Å². The van der Waals surface area contributed by atoms with E-state index in [9.17, 15) is 9.59 Å². The Morgan fingerprint density at radius 1 is 1.23 bits per heavy atom. The van der Waals surface area contributed by atoms with Crippen LogP contribution in [0.25, 0.3) is 0 Å². The summed E-state index contributed by atoms with van der Waals surface area (Å²) < 4.78 is 0. The number of carbonyl (C=O) groups is 2. The molecule has 1 saturated carbocycles. The van der Waals surface area contributed by atoms with Gasteiger partial charge in [-0.3, -0.25) is 9.59 Å². The van der Waals surface area contributed by atoms with Crippen molar-refractivity contribution in [1.29, 1.82) is 0 Å². The van der Waals surface area contributed by atoms with Gasteiger partial charge < -0.3 is 5.32 Å². The number of amides is 2. The van der Waals surface area contributed by atoms with E-state index in [1.807, 2.05) is 0 Å². The SMILES string of the molecule is Cc1c(Cl)cccc1NC(=O)C(=O)N/N=C/C1CCCCC1. The summed E-state index contributed by atoms with van der Waals surface area (Å²) in [6.45, 7) is 1.77. The third-order valence-electron chi connectivity index (χ3n) is 3.82. The number of anilines is 1. The molecule has 2 rings (SSSR count). The van der Waals surface area contributed by atoms with Crippen molar-refractivity contribution in [2.45, 2.75) is 39.0 Å². The Labute approximate surface area is 135 Å². The highest BCUT2D eigenvalue weighted by Crippen LogP contribution is 2.23. The van der Waals surface area contributed by atoms with Crippen LogP contribution >= 0.6 is 11.6 Å². The molecule has 0 atom stereocenters. The van der Waals surface area contributed by atoms with E-state index in [1.165, 1.54) is 19.3 Å². The summed E-state index contributed by atoms with van der Waals surface area (Å²) >= 11 is 5.97. The maximum Gasteiger partial charge on any atom is 0.329 e. The van der Waals surface area contributed by atoms with Crippen molar-refractivity contribution in [1.82, 2.24) is 5.43 Å². The van der Waals surface area contributed by atoms with Crippen LogP contribution in [0.4, 0.5) is 5.69 Å². The van der Waals surface area contributed by atoms with Crippen LogP contribution in [-0.4, -0.2) is 18.0 Å². The number of nitrogens with one attached hydrogen (secondary N) is 2. The van der Waals surface area contributed by atoms with E-state index < -0.39 is 11.8 Å². The lowest BCUT2D eigenvalue weighted by Crippen LogP contribution is -2.32. The maximum atomic E-state index is 11.8. The molecule has 5 nitrogen and oxygen atoms in total. The second-order valence-corrected chi connectivity index (χ2v) is 5.89. The highest BCUT2D eigenvalue weighted by molar-refractivity contribution is 6.40.